The third kappa shape index (κ3) is 3.46. The average molecular weight is 207 g/mol. The van der Waals surface area contributed by atoms with Crippen molar-refractivity contribution in [2.45, 2.75) is 39.9 Å². The Bertz CT molecular complexity index is 288. The van der Waals surface area contributed by atoms with E-state index < -0.39 is 0 Å². The second-order valence-electron chi connectivity index (χ2n) is 4.07. The fraction of sp³-hybridized carbons (Fsp3) is 0.462. The molecule has 15 heavy (non-hydrogen) atoms. The minimum Gasteiger partial charge on any atom is -0.491 e. The molecule has 0 fully saturated rings. The summed E-state index contributed by atoms with van der Waals surface area (Å²) >= 11 is 0. The van der Waals surface area contributed by atoms with Crippen LogP contribution in [0.3, 0.4) is 0 Å². The van der Waals surface area contributed by atoms with E-state index in [4.69, 9.17) is 9.47 Å². The van der Waals surface area contributed by atoms with E-state index in [1.807, 2.05) is 45.9 Å². The van der Waals surface area contributed by atoms with Crippen LogP contribution in [0.25, 0.3) is 0 Å². The van der Waals surface area contributed by atoms with Crippen LogP contribution in [0.1, 0.15) is 33.3 Å². The fourth-order valence-electron chi connectivity index (χ4n) is 1.27. The van der Waals surface area contributed by atoms with Gasteiger partial charge < -0.3 is 9.47 Å². The van der Waals surface area contributed by atoms with Gasteiger partial charge in [0.2, 0.25) is 0 Å². The molecule has 83 valence electrons. The Balaban J connectivity index is 2.90. The smallest absolute Gasteiger partial charge is 0.126 e. The van der Waals surface area contributed by atoms with Crippen molar-refractivity contribution in [2.24, 2.45) is 0 Å². The minimum absolute atomic E-state index is 0.153. The Morgan fingerprint density at radius 1 is 0.933 bits per heavy atom. The van der Waals surface area contributed by atoms with Crippen molar-refractivity contribution >= 4 is 0 Å². The number of hydrogen-bond acceptors (Lipinski definition) is 2. The van der Waals surface area contributed by atoms with Gasteiger partial charge in [-0.2, -0.15) is 0 Å². The van der Waals surface area contributed by atoms with Crippen molar-refractivity contribution in [3.05, 3.63) is 30.7 Å². The molecule has 0 unspecified atom stereocenters. The van der Waals surface area contributed by atoms with E-state index in [1.165, 1.54) is 0 Å². The van der Waals surface area contributed by atoms with Crippen molar-refractivity contribution in [3.63, 3.8) is 0 Å². The largest absolute Gasteiger partial charge is 0.491 e. The first kappa shape index (κ1) is 11.9. The molecule has 0 aliphatic rings. The average Bonchev–Trinajstić information content (AvgIpc) is 2.10. The molecule has 1 aromatic rings. The molecule has 0 amide bonds. The molecule has 0 saturated heterocycles. The van der Waals surface area contributed by atoms with Crippen LogP contribution in [0.5, 0.6) is 11.5 Å². The first-order chi connectivity index (χ1) is 7.00. The maximum Gasteiger partial charge on any atom is 0.126 e. The summed E-state index contributed by atoms with van der Waals surface area (Å²) in [7, 11) is 0. The molecule has 0 aliphatic carbocycles. The maximum absolute atomic E-state index is 5.62. The summed E-state index contributed by atoms with van der Waals surface area (Å²) in [6.45, 7) is 12.0. The highest BCUT2D eigenvalue weighted by Crippen LogP contribution is 2.28. The molecule has 0 saturated carbocycles. The zero-order chi connectivity index (χ0) is 11.4. The topological polar surface area (TPSA) is 18.5 Å². The molecule has 0 spiro atoms. The molecule has 0 heterocycles. The monoisotopic (exact) mass is 207 g/mol. The molecule has 0 N–H and O–H groups in total. The van der Waals surface area contributed by atoms with E-state index in [0.29, 0.717) is 0 Å². The van der Waals surface area contributed by atoms with Crippen LogP contribution in [-0.4, -0.2) is 12.2 Å². The van der Waals surface area contributed by atoms with Crippen LogP contribution in [0, 0.1) is 6.92 Å². The summed E-state index contributed by atoms with van der Waals surface area (Å²) in [4.78, 5) is 0. The predicted octanol–water partition coefficient (Wildman–Crippen LogP) is 3.44. The highest BCUT2D eigenvalue weighted by molar-refractivity contribution is 5.46. The lowest BCUT2D eigenvalue weighted by molar-refractivity contribution is 0.227. The van der Waals surface area contributed by atoms with Crippen molar-refractivity contribution in [2.75, 3.05) is 0 Å². The first-order valence-corrected chi connectivity index (χ1v) is 5.29. The van der Waals surface area contributed by atoms with Crippen molar-refractivity contribution in [3.8, 4) is 11.5 Å². The zero-order valence-corrected chi connectivity index (χ0v) is 9.91. The Hall–Kier alpha value is -1.18. The molecule has 0 aromatic heterocycles. The van der Waals surface area contributed by atoms with Gasteiger partial charge in [0.25, 0.3) is 0 Å². The van der Waals surface area contributed by atoms with Gasteiger partial charge >= 0.3 is 0 Å². The third-order valence-electron chi connectivity index (χ3n) is 1.82. The molecule has 0 aliphatic heterocycles. The summed E-state index contributed by atoms with van der Waals surface area (Å²) in [6.07, 6.45) is 0.305. The lowest BCUT2D eigenvalue weighted by atomic mass is 10.2. The van der Waals surface area contributed by atoms with Gasteiger partial charge in [0.1, 0.15) is 11.5 Å². The standard InChI is InChI=1S/C13H19O2/c1-9(2)14-12-7-6-8-13(11(12)5)15-10(3)4/h6-10H,5H2,1-4H3. The van der Waals surface area contributed by atoms with Crippen LogP contribution >= 0.6 is 0 Å². The molecular formula is C13H19O2. The third-order valence-corrected chi connectivity index (χ3v) is 1.82. The molecule has 2 heteroatoms. The van der Waals surface area contributed by atoms with Gasteiger partial charge in [-0.1, -0.05) is 6.07 Å². The predicted molar refractivity (Wildman–Crippen MR) is 62.4 cm³/mol. The molecule has 1 aromatic carbocycles. The number of hydrogen-bond donors (Lipinski definition) is 0. The van der Waals surface area contributed by atoms with Gasteiger partial charge in [-0.3, -0.25) is 0 Å². The van der Waals surface area contributed by atoms with Crippen LogP contribution in [0.2, 0.25) is 0 Å². The van der Waals surface area contributed by atoms with Gasteiger partial charge in [0.15, 0.2) is 0 Å². The van der Waals surface area contributed by atoms with E-state index >= 15 is 0 Å². The summed E-state index contributed by atoms with van der Waals surface area (Å²) < 4.78 is 11.2. The quantitative estimate of drug-likeness (QED) is 0.753. The second kappa shape index (κ2) is 5.06. The van der Waals surface area contributed by atoms with Gasteiger partial charge in [-0.25, -0.2) is 0 Å². The van der Waals surface area contributed by atoms with Crippen molar-refractivity contribution in [1.29, 1.82) is 0 Å². The second-order valence-corrected chi connectivity index (χ2v) is 4.07. The molecule has 1 rings (SSSR count). The highest BCUT2D eigenvalue weighted by Gasteiger charge is 2.08. The highest BCUT2D eigenvalue weighted by atomic mass is 16.5. The van der Waals surface area contributed by atoms with Crippen LogP contribution in [0.4, 0.5) is 0 Å². The van der Waals surface area contributed by atoms with Gasteiger partial charge in [-0.05, 0) is 46.8 Å². The normalized spacial score (nSPS) is 10.9. The summed E-state index contributed by atoms with van der Waals surface area (Å²) in [5.41, 5.74) is 0.819. The summed E-state index contributed by atoms with van der Waals surface area (Å²) in [5.74, 6) is 1.59. The zero-order valence-electron chi connectivity index (χ0n) is 9.91. The Labute approximate surface area is 92.2 Å². The number of ether oxygens (including phenoxy) is 2. The number of benzene rings is 1. The van der Waals surface area contributed by atoms with E-state index in [0.717, 1.165) is 17.1 Å². The lowest BCUT2D eigenvalue weighted by Crippen LogP contribution is -2.09. The Morgan fingerprint density at radius 2 is 1.33 bits per heavy atom. The minimum atomic E-state index is 0.153. The lowest BCUT2D eigenvalue weighted by Gasteiger charge is -2.17. The van der Waals surface area contributed by atoms with Crippen molar-refractivity contribution in [1.82, 2.24) is 0 Å². The molecular weight excluding hydrogens is 188 g/mol. The maximum atomic E-state index is 5.62. The fourth-order valence-corrected chi connectivity index (χ4v) is 1.27. The van der Waals surface area contributed by atoms with Crippen LogP contribution < -0.4 is 9.47 Å². The van der Waals surface area contributed by atoms with Gasteiger partial charge in [-0.15, -0.1) is 0 Å². The molecule has 0 bridgehead atoms. The van der Waals surface area contributed by atoms with E-state index in [-0.39, 0.29) is 12.2 Å². The molecule has 0 atom stereocenters. The van der Waals surface area contributed by atoms with E-state index in [1.54, 1.807) is 0 Å². The Kier molecular flexibility index (Phi) is 4.01. The first-order valence-electron chi connectivity index (χ1n) is 5.29. The van der Waals surface area contributed by atoms with Crippen LogP contribution in [0.15, 0.2) is 18.2 Å². The van der Waals surface area contributed by atoms with E-state index in [2.05, 4.69) is 6.92 Å². The van der Waals surface area contributed by atoms with Gasteiger partial charge in [0.05, 0.1) is 12.2 Å². The van der Waals surface area contributed by atoms with Crippen LogP contribution in [-0.2, 0) is 0 Å². The summed E-state index contributed by atoms with van der Waals surface area (Å²) in [5, 5.41) is 0. The van der Waals surface area contributed by atoms with Crippen molar-refractivity contribution < 1.29 is 9.47 Å². The SMILES string of the molecule is [CH2]c1c(OC(C)C)cccc1OC(C)C. The number of rotatable bonds is 4. The Morgan fingerprint density at radius 3 is 1.67 bits per heavy atom. The molecule has 1 radical (unpaired) electrons. The molecule has 2 nitrogen and oxygen atoms in total. The summed E-state index contributed by atoms with van der Waals surface area (Å²) in [6, 6.07) is 5.75. The van der Waals surface area contributed by atoms with Gasteiger partial charge in [0, 0.05) is 5.56 Å². The van der Waals surface area contributed by atoms with E-state index in [9.17, 15) is 0 Å².